The first-order valence-corrected chi connectivity index (χ1v) is 7.80. The summed E-state index contributed by atoms with van der Waals surface area (Å²) in [6.07, 6.45) is 2.55. The molecule has 0 amide bonds. The van der Waals surface area contributed by atoms with Crippen molar-refractivity contribution in [2.45, 2.75) is 12.8 Å². The summed E-state index contributed by atoms with van der Waals surface area (Å²) in [6.45, 7) is 2.28. The van der Waals surface area contributed by atoms with Crippen LogP contribution in [-0.4, -0.2) is 31.2 Å². The van der Waals surface area contributed by atoms with Crippen LogP contribution in [0.2, 0.25) is 0 Å². The van der Waals surface area contributed by atoms with Crippen molar-refractivity contribution in [1.29, 1.82) is 0 Å². The van der Waals surface area contributed by atoms with Crippen molar-refractivity contribution in [2.24, 2.45) is 0 Å². The molecule has 21 heavy (non-hydrogen) atoms. The van der Waals surface area contributed by atoms with Gasteiger partial charge in [0.25, 0.3) is 0 Å². The van der Waals surface area contributed by atoms with E-state index in [1.165, 1.54) is 37.0 Å². The lowest BCUT2D eigenvalue weighted by atomic mass is 10.2. The molecule has 110 valence electrons. The largest absolute Gasteiger partial charge is 0.464 e. The third-order valence-corrected chi connectivity index (χ3v) is 4.25. The van der Waals surface area contributed by atoms with Gasteiger partial charge < -0.3 is 15.0 Å². The molecule has 0 aliphatic carbocycles. The summed E-state index contributed by atoms with van der Waals surface area (Å²) in [5.41, 5.74) is 2.55. The highest BCUT2D eigenvalue weighted by Gasteiger charge is 2.13. The number of nitrogens with zero attached hydrogens (tertiary/aromatic N) is 2. The Bertz CT molecular complexity index is 618. The summed E-state index contributed by atoms with van der Waals surface area (Å²) in [6, 6.07) is 8.30. The SMILES string of the molecule is COC(=O)c1csc(Nc2ccc(N3CCCC3)cc2)n1. The van der Waals surface area contributed by atoms with Gasteiger partial charge in [-0.15, -0.1) is 11.3 Å². The first-order valence-electron chi connectivity index (χ1n) is 6.92. The van der Waals surface area contributed by atoms with Crippen LogP contribution < -0.4 is 10.2 Å². The van der Waals surface area contributed by atoms with Crippen LogP contribution in [0.25, 0.3) is 0 Å². The molecule has 0 saturated carbocycles. The second kappa shape index (κ2) is 6.13. The second-order valence-electron chi connectivity index (χ2n) is 4.90. The highest BCUT2D eigenvalue weighted by atomic mass is 32.1. The Morgan fingerprint density at radius 2 is 2.00 bits per heavy atom. The minimum atomic E-state index is -0.413. The lowest BCUT2D eigenvalue weighted by Gasteiger charge is -2.17. The highest BCUT2D eigenvalue weighted by Crippen LogP contribution is 2.25. The van der Waals surface area contributed by atoms with E-state index in [1.807, 2.05) is 12.1 Å². The van der Waals surface area contributed by atoms with Crippen molar-refractivity contribution in [3.05, 3.63) is 35.3 Å². The highest BCUT2D eigenvalue weighted by molar-refractivity contribution is 7.14. The van der Waals surface area contributed by atoms with E-state index in [0.29, 0.717) is 10.8 Å². The Balaban J connectivity index is 1.67. The van der Waals surface area contributed by atoms with Gasteiger partial charge in [-0.1, -0.05) is 0 Å². The van der Waals surface area contributed by atoms with Crippen molar-refractivity contribution in [3.63, 3.8) is 0 Å². The number of thiazole rings is 1. The molecule has 0 bridgehead atoms. The van der Waals surface area contributed by atoms with Crippen molar-refractivity contribution < 1.29 is 9.53 Å². The zero-order valence-corrected chi connectivity index (χ0v) is 12.7. The van der Waals surface area contributed by atoms with E-state index in [0.717, 1.165) is 18.8 Å². The molecular weight excluding hydrogens is 286 g/mol. The van der Waals surface area contributed by atoms with E-state index >= 15 is 0 Å². The first kappa shape index (κ1) is 13.9. The van der Waals surface area contributed by atoms with E-state index in [9.17, 15) is 4.79 Å². The van der Waals surface area contributed by atoms with Crippen LogP contribution in [0.15, 0.2) is 29.6 Å². The Morgan fingerprint density at radius 1 is 1.29 bits per heavy atom. The molecule has 1 aliphatic heterocycles. The normalized spacial score (nSPS) is 14.2. The number of methoxy groups -OCH3 is 1. The molecule has 0 atom stereocenters. The van der Waals surface area contributed by atoms with Crippen LogP contribution in [0, 0.1) is 0 Å². The number of hydrogen-bond acceptors (Lipinski definition) is 6. The molecule has 6 heteroatoms. The lowest BCUT2D eigenvalue weighted by molar-refractivity contribution is 0.0595. The van der Waals surface area contributed by atoms with Gasteiger partial charge in [0.2, 0.25) is 0 Å². The first-order chi connectivity index (χ1) is 10.3. The van der Waals surface area contributed by atoms with Crippen molar-refractivity contribution in [3.8, 4) is 0 Å². The van der Waals surface area contributed by atoms with E-state index < -0.39 is 5.97 Å². The minimum absolute atomic E-state index is 0.332. The summed E-state index contributed by atoms with van der Waals surface area (Å²) >= 11 is 1.38. The molecule has 1 aromatic heterocycles. The molecule has 0 radical (unpaired) electrons. The summed E-state index contributed by atoms with van der Waals surface area (Å²) in [5, 5.41) is 5.57. The van der Waals surface area contributed by atoms with Crippen LogP contribution in [0.3, 0.4) is 0 Å². The van der Waals surface area contributed by atoms with Crippen molar-refractivity contribution in [1.82, 2.24) is 4.98 Å². The van der Waals surface area contributed by atoms with E-state index in [-0.39, 0.29) is 0 Å². The number of carbonyl (C=O) groups is 1. The molecule has 1 N–H and O–H groups in total. The van der Waals surface area contributed by atoms with Crippen LogP contribution in [0.4, 0.5) is 16.5 Å². The van der Waals surface area contributed by atoms with Crippen LogP contribution in [0.1, 0.15) is 23.3 Å². The fraction of sp³-hybridized carbons (Fsp3) is 0.333. The molecule has 2 heterocycles. The Hall–Kier alpha value is -2.08. The van der Waals surface area contributed by atoms with E-state index in [4.69, 9.17) is 0 Å². The Morgan fingerprint density at radius 3 is 2.67 bits per heavy atom. The van der Waals surface area contributed by atoms with Gasteiger partial charge in [-0.3, -0.25) is 0 Å². The number of benzene rings is 1. The molecular formula is C15H17N3O2S. The summed E-state index contributed by atoms with van der Waals surface area (Å²) in [4.78, 5) is 17.9. The third kappa shape index (κ3) is 3.16. The predicted molar refractivity (Wildman–Crippen MR) is 84.6 cm³/mol. The van der Waals surface area contributed by atoms with Gasteiger partial charge >= 0.3 is 5.97 Å². The number of anilines is 3. The smallest absolute Gasteiger partial charge is 0.357 e. The van der Waals surface area contributed by atoms with Crippen LogP contribution in [-0.2, 0) is 4.74 Å². The molecule has 2 aromatic rings. The minimum Gasteiger partial charge on any atom is -0.464 e. The van der Waals surface area contributed by atoms with Gasteiger partial charge in [-0.25, -0.2) is 9.78 Å². The summed E-state index contributed by atoms with van der Waals surface area (Å²) in [7, 11) is 1.35. The number of nitrogens with one attached hydrogen (secondary N) is 1. The number of carbonyl (C=O) groups excluding carboxylic acids is 1. The molecule has 1 saturated heterocycles. The van der Waals surface area contributed by atoms with Gasteiger partial charge in [0.1, 0.15) is 0 Å². The van der Waals surface area contributed by atoms with E-state index in [2.05, 4.69) is 32.1 Å². The zero-order chi connectivity index (χ0) is 14.7. The number of aromatic nitrogens is 1. The molecule has 1 fully saturated rings. The molecule has 0 spiro atoms. The maximum Gasteiger partial charge on any atom is 0.357 e. The van der Waals surface area contributed by atoms with Gasteiger partial charge in [-0.05, 0) is 37.1 Å². The van der Waals surface area contributed by atoms with Crippen molar-refractivity contribution >= 4 is 33.8 Å². The van der Waals surface area contributed by atoms with Gasteiger partial charge in [0.15, 0.2) is 10.8 Å². The summed E-state index contributed by atoms with van der Waals surface area (Å²) in [5.74, 6) is -0.413. The molecule has 1 aliphatic rings. The number of hydrogen-bond donors (Lipinski definition) is 1. The topological polar surface area (TPSA) is 54.5 Å². The Labute approximate surface area is 127 Å². The average Bonchev–Trinajstić information content (AvgIpc) is 3.18. The maximum absolute atomic E-state index is 11.4. The van der Waals surface area contributed by atoms with Crippen LogP contribution in [0.5, 0.6) is 0 Å². The van der Waals surface area contributed by atoms with Crippen molar-refractivity contribution in [2.75, 3.05) is 30.4 Å². The zero-order valence-electron chi connectivity index (χ0n) is 11.8. The molecule has 3 rings (SSSR count). The van der Waals surface area contributed by atoms with Gasteiger partial charge in [0, 0.05) is 29.8 Å². The molecule has 1 aromatic carbocycles. The number of esters is 1. The number of rotatable bonds is 4. The second-order valence-corrected chi connectivity index (χ2v) is 5.75. The Kier molecular flexibility index (Phi) is 4.06. The van der Waals surface area contributed by atoms with E-state index in [1.54, 1.807) is 5.38 Å². The third-order valence-electron chi connectivity index (χ3n) is 3.49. The standard InChI is InChI=1S/C15H17N3O2S/c1-20-14(19)13-10-21-15(17-13)16-11-4-6-12(7-5-11)18-8-2-3-9-18/h4-7,10H,2-3,8-9H2,1H3,(H,16,17). The monoisotopic (exact) mass is 303 g/mol. The van der Waals surface area contributed by atoms with Gasteiger partial charge in [-0.2, -0.15) is 0 Å². The fourth-order valence-electron chi connectivity index (χ4n) is 2.38. The number of ether oxygens (including phenoxy) is 1. The average molecular weight is 303 g/mol. The quantitative estimate of drug-likeness (QED) is 0.879. The maximum atomic E-state index is 11.4. The van der Waals surface area contributed by atoms with Crippen LogP contribution >= 0.6 is 11.3 Å². The predicted octanol–water partition coefficient (Wildman–Crippen LogP) is 3.27. The molecule has 0 unspecified atom stereocenters. The lowest BCUT2D eigenvalue weighted by Crippen LogP contribution is -2.17. The summed E-state index contributed by atoms with van der Waals surface area (Å²) < 4.78 is 4.64. The van der Waals surface area contributed by atoms with Gasteiger partial charge in [0.05, 0.1) is 7.11 Å². The fourth-order valence-corrected chi connectivity index (χ4v) is 3.08. The molecule has 5 nitrogen and oxygen atoms in total.